The minimum atomic E-state index is -0.0249. The maximum Gasteiger partial charge on any atom is 0.159 e. The highest BCUT2D eigenvalue weighted by Gasteiger charge is 2.16. The van der Waals surface area contributed by atoms with Crippen LogP contribution in [0.15, 0.2) is 0 Å². The molecule has 0 bridgehead atoms. The number of rotatable bonds is 10. The van der Waals surface area contributed by atoms with Crippen LogP contribution in [0.2, 0.25) is 0 Å². The molecule has 92 valence electrons. The molecule has 0 saturated heterocycles. The van der Waals surface area contributed by atoms with Gasteiger partial charge in [-0.2, -0.15) is 0 Å². The van der Waals surface area contributed by atoms with Crippen LogP contribution in [0.4, 0.5) is 0 Å². The van der Waals surface area contributed by atoms with Crippen molar-refractivity contribution in [2.45, 2.75) is 45.0 Å². The first-order valence-corrected chi connectivity index (χ1v) is 7.84. The summed E-state index contributed by atoms with van der Waals surface area (Å²) in [6.07, 6.45) is 0.960. The molecule has 2 nitrogen and oxygen atoms in total. The van der Waals surface area contributed by atoms with Gasteiger partial charge in [0.25, 0.3) is 0 Å². The highest BCUT2D eigenvalue weighted by Crippen LogP contribution is 2.28. The quantitative estimate of drug-likeness (QED) is 0.553. The van der Waals surface area contributed by atoms with Gasteiger partial charge in [-0.3, -0.25) is 0 Å². The van der Waals surface area contributed by atoms with E-state index in [0.717, 1.165) is 31.1 Å². The fourth-order valence-corrected chi connectivity index (χ4v) is 3.80. The van der Waals surface area contributed by atoms with E-state index in [1.807, 2.05) is 37.4 Å². The predicted molar refractivity (Wildman–Crippen MR) is 71.7 cm³/mol. The monoisotopic (exact) mass is 252 g/mol. The summed E-state index contributed by atoms with van der Waals surface area (Å²) in [6.45, 7) is 9.88. The normalized spacial score (nSPS) is 11.6. The lowest BCUT2D eigenvalue weighted by Crippen LogP contribution is -2.21. The van der Waals surface area contributed by atoms with Gasteiger partial charge >= 0.3 is 0 Å². The Balaban J connectivity index is 3.93. The second-order valence-electron chi connectivity index (χ2n) is 2.92. The molecular weight excluding hydrogens is 228 g/mol. The zero-order valence-corrected chi connectivity index (χ0v) is 12.0. The SMILES string of the molecule is CCOC(CC(SCC)SCC)OCC. The van der Waals surface area contributed by atoms with Crippen molar-refractivity contribution >= 4 is 23.5 Å². The van der Waals surface area contributed by atoms with Gasteiger partial charge in [0.1, 0.15) is 0 Å². The van der Waals surface area contributed by atoms with Gasteiger partial charge in [-0.25, -0.2) is 0 Å². The van der Waals surface area contributed by atoms with Gasteiger partial charge in [0.05, 0.1) is 4.58 Å². The molecular formula is C11H24O2S2. The van der Waals surface area contributed by atoms with Gasteiger partial charge in [-0.05, 0) is 25.4 Å². The van der Waals surface area contributed by atoms with E-state index in [1.165, 1.54) is 0 Å². The first-order valence-electron chi connectivity index (χ1n) is 5.74. The number of hydrogen-bond acceptors (Lipinski definition) is 4. The van der Waals surface area contributed by atoms with Crippen LogP contribution < -0.4 is 0 Å². The van der Waals surface area contributed by atoms with E-state index < -0.39 is 0 Å². The van der Waals surface area contributed by atoms with Gasteiger partial charge in [0.15, 0.2) is 6.29 Å². The molecule has 0 aliphatic heterocycles. The van der Waals surface area contributed by atoms with Crippen LogP contribution in [0, 0.1) is 0 Å². The Kier molecular flexibility index (Phi) is 11.6. The zero-order valence-electron chi connectivity index (χ0n) is 10.3. The van der Waals surface area contributed by atoms with E-state index in [-0.39, 0.29) is 6.29 Å². The molecule has 0 saturated carbocycles. The van der Waals surface area contributed by atoms with Crippen LogP contribution in [0.5, 0.6) is 0 Å². The zero-order chi connectivity index (χ0) is 11.5. The second-order valence-corrected chi connectivity index (χ2v) is 6.17. The molecule has 0 fully saturated rings. The summed E-state index contributed by atoms with van der Waals surface area (Å²) >= 11 is 3.97. The minimum absolute atomic E-state index is 0.0249. The first kappa shape index (κ1) is 15.6. The Labute approximate surface area is 103 Å². The number of hydrogen-bond donors (Lipinski definition) is 0. The average Bonchev–Trinajstić information content (AvgIpc) is 2.19. The summed E-state index contributed by atoms with van der Waals surface area (Å²) in [7, 11) is 0. The number of ether oxygens (including phenoxy) is 2. The summed E-state index contributed by atoms with van der Waals surface area (Å²) < 4.78 is 11.7. The van der Waals surface area contributed by atoms with E-state index >= 15 is 0 Å². The summed E-state index contributed by atoms with van der Waals surface area (Å²) in [5.41, 5.74) is 0. The minimum Gasteiger partial charge on any atom is -0.353 e. The molecule has 0 spiro atoms. The Bertz CT molecular complexity index is 108. The van der Waals surface area contributed by atoms with E-state index in [2.05, 4.69) is 13.8 Å². The molecule has 0 aromatic rings. The van der Waals surface area contributed by atoms with Gasteiger partial charge in [0, 0.05) is 19.6 Å². The molecule has 0 rings (SSSR count). The van der Waals surface area contributed by atoms with Gasteiger partial charge in [0.2, 0.25) is 0 Å². The Hall–Kier alpha value is 0.620. The third kappa shape index (κ3) is 8.43. The van der Waals surface area contributed by atoms with E-state index in [9.17, 15) is 0 Å². The Morgan fingerprint density at radius 2 is 1.33 bits per heavy atom. The highest BCUT2D eigenvalue weighted by atomic mass is 32.2. The van der Waals surface area contributed by atoms with Crippen molar-refractivity contribution in [1.29, 1.82) is 0 Å². The maximum atomic E-state index is 5.56. The van der Waals surface area contributed by atoms with Crippen LogP contribution in [0.25, 0.3) is 0 Å². The molecule has 4 heteroatoms. The molecule has 0 aliphatic rings. The lowest BCUT2D eigenvalue weighted by atomic mass is 10.4. The van der Waals surface area contributed by atoms with Crippen LogP contribution in [0.1, 0.15) is 34.1 Å². The predicted octanol–water partition coefficient (Wildman–Crippen LogP) is 3.61. The molecule has 0 aliphatic carbocycles. The molecule has 0 aromatic carbocycles. The molecule has 0 atom stereocenters. The molecule has 0 aromatic heterocycles. The van der Waals surface area contributed by atoms with Crippen LogP contribution in [0.3, 0.4) is 0 Å². The molecule has 0 unspecified atom stereocenters. The number of thioether (sulfide) groups is 2. The third-order valence-electron chi connectivity index (χ3n) is 1.80. The van der Waals surface area contributed by atoms with Crippen molar-refractivity contribution in [3.63, 3.8) is 0 Å². The van der Waals surface area contributed by atoms with Crippen LogP contribution in [-0.2, 0) is 9.47 Å². The largest absolute Gasteiger partial charge is 0.353 e. The van der Waals surface area contributed by atoms with Crippen molar-refractivity contribution in [3.8, 4) is 0 Å². The smallest absolute Gasteiger partial charge is 0.159 e. The van der Waals surface area contributed by atoms with E-state index in [0.29, 0.717) is 4.58 Å². The van der Waals surface area contributed by atoms with Crippen molar-refractivity contribution < 1.29 is 9.47 Å². The topological polar surface area (TPSA) is 18.5 Å². The maximum absolute atomic E-state index is 5.56. The third-order valence-corrected chi connectivity index (χ3v) is 4.41. The molecule has 15 heavy (non-hydrogen) atoms. The molecule has 0 amide bonds. The first-order chi connectivity index (χ1) is 7.28. The Morgan fingerprint density at radius 3 is 1.67 bits per heavy atom. The standard InChI is InChI=1S/C11H24O2S2/c1-5-12-10(13-6-2)9-11(14-7-3)15-8-4/h10-11H,5-9H2,1-4H3. The van der Waals surface area contributed by atoms with Crippen molar-refractivity contribution in [2.24, 2.45) is 0 Å². The summed E-state index contributed by atoms with van der Waals surface area (Å²) in [5, 5.41) is 0. The summed E-state index contributed by atoms with van der Waals surface area (Å²) in [6, 6.07) is 0. The van der Waals surface area contributed by atoms with Crippen LogP contribution in [-0.4, -0.2) is 35.6 Å². The molecule has 0 N–H and O–H groups in total. The highest BCUT2D eigenvalue weighted by molar-refractivity contribution is 8.16. The fraction of sp³-hybridized carbons (Fsp3) is 1.00. The lowest BCUT2D eigenvalue weighted by Gasteiger charge is -2.22. The van der Waals surface area contributed by atoms with E-state index in [1.54, 1.807) is 0 Å². The Morgan fingerprint density at radius 1 is 0.867 bits per heavy atom. The summed E-state index contributed by atoms with van der Waals surface area (Å²) in [5.74, 6) is 2.31. The van der Waals surface area contributed by atoms with Gasteiger partial charge in [-0.1, -0.05) is 13.8 Å². The lowest BCUT2D eigenvalue weighted by molar-refractivity contribution is -0.137. The van der Waals surface area contributed by atoms with Gasteiger partial charge in [-0.15, -0.1) is 23.5 Å². The van der Waals surface area contributed by atoms with E-state index in [4.69, 9.17) is 9.47 Å². The van der Waals surface area contributed by atoms with Crippen LogP contribution >= 0.6 is 23.5 Å². The fourth-order valence-electron chi connectivity index (χ4n) is 1.27. The van der Waals surface area contributed by atoms with Gasteiger partial charge < -0.3 is 9.47 Å². The molecule has 0 heterocycles. The molecule has 0 radical (unpaired) electrons. The van der Waals surface area contributed by atoms with Crippen molar-refractivity contribution in [2.75, 3.05) is 24.7 Å². The van der Waals surface area contributed by atoms with Crippen molar-refractivity contribution in [3.05, 3.63) is 0 Å². The summed E-state index contributed by atoms with van der Waals surface area (Å²) in [4.78, 5) is 0. The second kappa shape index (κ2) is 11.1. The average molecular weight is 252 g/mol. The van der Waals surface area contributed by atoms with Crippen molar-refractivity contribution in [1.82, 2.24) is 0 Å².